The van der Waals surface area contributed by atoms with Crippen molar-refractivity contribution < 1.29 is 14.6 Å². The number of anilines is 1. The molecule has 6 heteroatoms. The Bertz CT molecular complexity index is 989. The second kappa shape index (κ2) is 9.71. The molecule has 0 atom stereocenters. The van der Waals surface area contributed by atoms with E-state index in [0.29, 0.717) is 23.6 Å². The van der Waals surface area contributed by atoms with E-state index in [9.17, 15) is 9.90 Å². The van der Waals surface area contributed by atoms with Gasteiger partial charge in [-0.2, -0.15) is 0 Å². The first-order valence-corrected chi connectivity index (χ1v) is 9.61. The van der Waals surface area contributed by atoms with E-state index >= 15 is 0 Å². The maximum atomic E-state index is 12.4. The van der Waals surface area contributed by atoms with Crippen molar-refractivity contribution in [1.82, 2.24) is 5.32 Å². The number of rotatable bonds is 6. The summed E-state index contributed by atoms with van der Waals surface area (Å²) in [6, 6.07) is 22.1. The molecule has 3 rings (SSSR count). The van der Waals surface area contributed by atoms with Gasteiger partial charge in [-0.15, -0.1) is 0 Å². The predicted molar refractivity (Wildman–Crippen MR) is 119 cm³/mol. The van der Waals surface area contributed by atoms with Crippen molar-refractivity contribution in [2.45, 2.75) is 13.3 Å². The summed E-state index contributed by atoms with van der Waals surface area (Å²) in [5.74, 6) is 0.414. The van der Waals surface area contributed by atoms with Crippen molar-refractivity contribution in [1.29, 1.82) is 0 Å². The van der Waals surface area contributed by atoms with E-state index in [4.69, 9.17) is 17.0 Å². The predicted octanol–water partition coefficient (Wildman–Crippen LogP) is 4.45. The molecule has 0 aliphatic rings. The van der Waals surface area contributed by atoms with Gasteiger partial charge < -0.3 is 15.2 Å². The average molecular weight is 407 g/mol. The Kier molecular flexibility index (Phi) is 6.81. The van der Waals surface area contributed by atoms with Gasteiger partial charge in [-0.05, 0) is 66.7 Å². The minimum atomic E-state index is -0.342. The number of ether oxygens (including phenoxy) is 1. The maximum Gasteiger partial charge on any atom is 0.257 e. The van der Waals surface area contributed by atoms with E-state index in [0.717, 1.165) is 12.0 Å². The van der Waals surface area contributed by atoms with Gasteiger partial charge in [-0.3, -0.25) is 10.1 Å². The van der Waals surface area contributed by atoms with E-state index in [1.165, 1.54) is 5.56 Å². The van der Waals surface area contributed by atoms with Gasteiger partial charge in [0.2, 0.25) is 0 Å². The highest BCUT2D eigenvalue weighted by Gasteiger charge is 2.10. The van der Waals surface area contributed by atoms with Crippen LogP contribution in [0.2, 0.25) is 0 Å². The molecule has 5 nitrogen and oxygen atoms in total. The van der Waals surface area contributed by atoms with Gasteiger partial charge in [0, 0.05) is 12.0 Å². The Morgan fingerprint density at radius 1 is 1.03 bits per heavy atom. The first kappa shape index (κ1) is 20.4. The number of phenols is 1. The molecule has 0 fully saturated rings. The molecule has 0 spiro atoms. The molecule has 0 bridgehead atoms. The SMILES string of the molecule is Cc1ccc(O)c(NC(=S)NC(=O)c2ccc(OCCc3ccccc3)cc2)c1. The Hall–Kier alpha value is -3.38. The van der Waals surface area contributed by atoms with Crippen LogP contribution >= 0.6 is 12.2 Å². The second-order valence-electron chi connectivity index (χ2n) is 6.54. The summed E-state index contributed by atoms with van der Waals surface area (Å²) in [5.41, 5.74) is 3.07. The number of hydrogen-bond donors (Lipinski definition) is 3. The molecule has 0 radical (unpaired) electrons. The van der Waals surface area contributed by atoms with Gasteiger partial charge in [-0.1, -0.05) is 36.4 Å². The Morgan fingerprint density at radius 2 is 1.76 bits per heavy atom. The maximum absolute atomic E-state index is 12.4. The molecule has 3 aromatic rings. The van der Waals surface area contributed by atoms with Crippen LogP contribution in [0.15, 0.2) is 72.8 Å². The number of aromatic hydroxyl groups is 1. The zero-order valence-corrected chi connectivity index (χ0v) is 16.8. The van der Waals surface area contributed by atoms with Crippen molar-refractivity contribution in [3.8, 4) is 11.5 Å². The van der Waals surface area contributed by atoms with E-state index in [1.54, 1.807) is 42.5 Å². The average Bonchev–Trinajstić information content (AvgIpc) is 2.72. The zero-order valence-electron chi connectivity index (χ0n) is 16.0. The first-order valence-electron chi connectivity index (χ1n) is 9.20. The van der Waals surface area contributed by atoms with Crippen LogP contribution in [-0.2, 0) is 6.42 Å². The van der Waals surface area contributed by atoms with Gasteiger partial charge in [0.05, 0.1) is 12.3 Å². The van der Waals surface area contributed by atoms with Crippen molar-refractivity contribution in [2.24, 2.45) is 0 Å². The van der Waals surface area contributed by atoms with Crippen molar-refractivity contribution in [2.75, 3.05) is 11.9 Å². The van der Waals surface area contributed by atoms with Crippen LogP contribution in [-0.4, -0.2) is 22.7 Å². The third-order valence-electron chi connectivity index (χ3n) is 4.25. The third kappa shape index (κ3) is 6.05. The number of phenolic OH excluding ortho intramolecular Hbond substituents is 1. The number of benzene rings is 3. The molecule has 0 heterocycles. The molecule has 0 saturated carbocycles. The van der Waals surface area contributed by atoms with Crippen LogP contribution in [0.3, 0.4) is 0 Å². The fourth-order valence-corrected chi connectivity index (χ4v) is 2.92. The number of hydrogen-bond acceptors (Lipinski definition) is 4. The van der Waals surface area contributed by atoms with E-state index in [-0.39, 0.29) is 16.8 Å². The lowest BCUT2D eigenvalue weighted by molar-refractivity contribution is 0.0977. The molecular weight excluding hydrogens is 384 g/mol. The number of nitrogens with one attached hydrogen (secondary N) is 2. The second-order valence-corrected chi connectivity index (χ2v) is 6.95. The monoisotopic (exact) mass is 406 g/mol. The number of thiocarbonyl (C=S) groups is 1. The Morgan fingerprint density at radius 3 is 2.48 bits per heavy atom. The summed E-state index contributed by atoms with van der Waals surface area (Å²) >= 11 is 5.17. The molecule has 0 saturated heterocycles. The van der Waals surface area contributed by atoms with Crippen molar-refractivity contribution in [3.05, 3.63) is 89.5 Å². The topological polar surface area (TPSA) is 70.6 Å². The van der Waals surface area contributed by atoms with Crippen LogP contribution < -0.4 is 15.4 Å². The molecule has 0 aromatic heterocycles. The zero-order chi connectivity index (χ0) is 20.6. The van der Waals surface area contributed by atoms with Crippen LogP contribution in [0.1, 0.15) is 21.5 Å². The van der Waals surface area contributed by atoms with E-state index in [1.807, 2.05) is 25.1 Å². The normalized spacial score (nSPS) is 10.2. The Labute approximate surface area is 175 Å². The lowest BCUT2D eigenvalue weighted by Gasteiger charge is -2.12. The van der Waals surface area contributed by atoms with Gasteiger partial charge in [0.25, 0.3) is 5.91 Å². The lowest BCUT2D eigenvalue weighted by Crippen LogP contribution is -2.34. The minimum absolute atomic E-state index is 0.0594. The summed E-state index contributed by atoms with van der Waals surface area (Å²) < 4.78 is 5.73. The fraction of sp³-hybridized carbons (Fsp3) is 0.130. The summed E-state index contributed by atoms with van der Waals surface area (Å²) in [4.78, 5) is 12.4. The summed E-state index contributed by atoms with van der Waals surface area (Å²) in [6.07, 6.45) is 0.814. The molecular formula is C23H22N2O3S. The molecule has 29 heavy (non-hydrogen) atoms. The quantitative estimate of drug-likeness (QED) is 0.417. The highest BCUT2D eigenvalue weighted by Crippen LogP contribution is 2.23. The standard InChI is InChI=1S/C23H22N2O3S/c1-16-7-12-21(26)20(15-16)24-23(29)25-22(27)18-8-10-19(11-9-18)28-14-13-17-5-3-2-4-6-17/h2-12,15,26H,13-14H2,1H3,(H2,24,25,27,29). The van der Waals surface area contributed by atoms with Gasteiger partial charge in [0.1, 0.15) is 11.5 Å². The fourth-order valence-electron chi connectivity index (χ4n) is 2.71. The van der Waals surface area contributed by atoms with Crippen LogP contribution in [0.5, 0.6) is 11.5 Å². The van der Waals surface area contributed by atoms with E-state index < -0.39 is 0 Å². The van der Waals surface area contributed by atoms with Crippen LogP contribution in [0, 0.1) is 6.92 Å². The molecule has 148 valence electrons. The van der Waals surface area contributed by atoms with Gasteiger partial charge in [0.15, 0.2) is 5.11 Å². The Balaban J connectivity index is 1.50. The number of carbonyl (C=O) groups is 1. The van der Waals surface area contributed by atoms with Gasteiger partial charge in [-0.25, -0.2) is 0 Å². The van der Waals surface area contributed by atoms with Crippen LogP contribution in [0.25, 0.3) is 0 Å². The molecule has 0 aliphatic heterocycles. The molecule has 3 aromatic carbocycles. The number of amides is 1. The highest BCUT2D eigenvalue weighted by molar-refractivity contribution is 7.80. The smallest absolute Gasteiger partial charge is 0.257 e. The van der Waals surface area contributed by atoms with Crippen LogP contribution in [0.4, 0.5) is 5.69 Å². The van der Waals surface area contributed by atoms with Gasteiger partial charge >= 0.3 is 0 Å². The summed E-state index contributed by atoms with van der Waals surface area (Å²) in [7, 11) is 0. The number of aryl methyl sites for hydroxylation is 1. The van der Waals surface area contributed by atoms with Crippen molar-refractivity contribution in [3.63, 3.8) is 0 Å². The summed E-state index contributed by atoms with van der Waals surface area (Å²) in [6.45, 7) is 2.46. The molecule has 1 amide bonds. The third-order valence-corrected chi connectivity index (χ3v) is 4.45. The molecule has 0 aliphatic carbocycles. The molecule has 3 N–H and O–H groups in total. The summed E-state index contributed by atoms with van der Waals surface area (Å²) in [5, 5.41) is 15.4. The minimum Gasteiger partial charge on any atom is -0.506 e. The lowest BCUT2D eigenvalue weighted by atomic mass is 10.2. The van der Waals surface area contributed by atoms with Crippen molar-refractivity contribution >= 4 is 28.9 Å². The first-order chi connectivity index (χ1) is 14.0. The number of carbonyl (C=O) groups excluding carboxylic acids is 1. The molecule has 0 unspecified atom stereocenters. The largest absolute Gasteiger partial charge is 0.506 e. The van der Waals surface area contributed by atoms with E-state index in [2.05, 4.69) is 22.8 Å². The highest BCUT2D eigenvalue weighted by atomic mass is 32.1.